The van der Waals surface area contributed by atoms with Crippen LogP contribution < -0.4 is 5.32 Å². The smallest absolute Gasteiger partial charge is 0.124 e. The second kappa shape index (κ2) is 5.02. The molecule has 0 heterocycles. The average Bonchev–Trinajstić information content (AvgIpc) is 2.27. The van der Waals surface area contributed by atoms with E-state index in [4.69, 9.17) is 11.7 Å². The third-order valence-electron chi connectivity index (χ3n) is 2.04. The summed E-state index contributed by atoms with van der Waals surface area (Å²) in [5.74, 6) is 2.13. The van der Waals surface area contributed by atoms with Crippen LogP contribution in [0.2, 0.25) is 0 Å². The Balaban J connectivity index is 2.96. The van der Waals surface area contributed by atoms with E-state index >= 15 is 0 Å². The van der Waals surface area contributed by atoms with Crippen molar-refractivity contribution in [3.8, 4) is 18.4 Å². The van der Waals surface area contributed by atoms with Gasteiger partial charge >= 0.3 is 0 Å². The lowest BCUT2D eigenvalue weighted by Crippen LogP contribution is -2.16. The third-order valence-corrected chi connectivity index (χ3v) is 2.04. The molecular formula is C12H11FN2. The largest absolute Gasteiger partial charge is 0.370 e. The maximum atomic E-state index is 12.8. The van der Waals surface area contributed by atoms with E-state index in [1.54, 1.807) is 0 Å². The van der Waals surface area contributed by atoms with E-state index in [2.05, 4.69) is 11.2 Å². The summed E-state index contributed by atoms with van der Waals surface area (Å²) in [6.45, 7) is 1.94. The first-order chi connectivity index (χ1) is 7.21. The molecule has 0 saturated carbocycles. The highest BCUT2D eigenvalue weighted by molar-refractivity contribution is 5.58. The Morgan fingerprint density at radius 2 is 2.33 bits per heavy atom. The van der Waals surface area contributed by atoms with Crippen LogP contribution in [-0.4, -0.2) is 6.04 Å². The minimum Gasteiger partial charge on any atom is -0.370 e. The number of rotatable bonds is 3. The molecule has 0 spiro atoms. The van der Waals surface area contributed by atoms with E-state index in [-0.39, 0.29) is 11.6 Å². The van der Waals surface area contributed by atoms with E-state index in [0.717, 1.165) is 6.42 Å². The molecule has 0 aliphatic carbocycles. The molecule has 1 atom stereocenters. The van der Waals surface area contributed by atoms with Crippen LogP contribution in [0.3, 0.4) is 0 Å². The van der Waals surface area contributed by atoms with E-state index in [9.17, 15) is 4.39 Å². The fourth-order valence-electron chi connectivity index (χ4n) is 1.18. The lowest BCUT2D eigenvalue weighted by atomic mass is 10.1. The summed E-state index contributed by atoms with van der Waals surface area (Å²) in [6, 6.07) is 5.79. The minimum absolute atomic E-state index is 0.137. The number of nitrogens with one attached hydrogen (secondary N) is 1. The maximum absolute atomic E-state index is 12.8. The fourth-order valence-corrected chi connectivity index (χ4v) is 1.18. The summed E-state index contributed by atoms with van der Waals surface area (Å²) in [6.07, 6.45) is 6.03. The normalized spacial score (nSPS) is 11.2. The molecule has 3 heteroatoms. The highest BCUT2D eigenvalue weighted by atomic mass is 19.1. The van der Waals surface area contributed by atoms with Gasteiger partial charge in [0, 0.05) is 0 Å². The van der Waals surface area contributed by atoms with Gasteiger partial charge in [-0.3, -0.25) is 0 Å². The maximum Gasteiger partial charge on any atom is 0.124 e. The molecule has 1 unspecified atom stereocenters. The van der Waals surface area contributed by atoms with E-state index in [1.165, 1.54) is 18.2 Å². The first-order valence-corrected chi connectivity index (χ1v) is 4.63. The lowest BCUT2D eigenvalue weighted by molar-refractivity contribution is 0.627. The first-order valence-electron chi connectivity index (χ1n) is 4.63. The minimum atomic E-state index is -0.425. The summed E-state index contributed by atoms with van der Waals surface area (Å²) in [7, 11) is 0. The van der Waals surface area contributed by atoms with Crippen LogP contribution in [0.1, 0.15) is 18.9 Å². The topological polar surface area (TPSA) is 35.8 Å². The molecule has 0 fully saturated rings. The Bertz CT molecular complexity index is 426. The zero-order chi connectivity index (χ0) is 11.3. The van der Waals surface area contributed by atoms with Crippen molar-refractivity contribution in [1.29, 1.82) is 5.26 Å². The second-order valence-corrected chi connectivity index (χ2v) is 3.07. The molecule has 0 aliphatic heterocycles. The quantitative estimate of drug-likeness (QED) is 0.764. The van der Waals surface area contributed by atoms with Crippen LogP contribution in [-0.2, 0) is 0 Å². The molecule has 0 aromatic heterocycles. The number of benzene rings is 1. The Kier molecular flexibility index (Phi) is 3.71. The van der Waals surface area contributed by atoms with Gasteiger partial charge in [-0.15, -0.1) is 6.42 Å². The molecule has 0 saturated heterocycles. The van der Waals surface area contributed by atoms with Crippen LogP contribution >= 0.6 is 0 Å². The van der Waals surface area contributed by atoms with Crippen molar-refractivity contribution in [3.63, 3.8) is 0 Å². The van der Waals surface area contributed by atoms with Crippen LogP contribution in [0.15, 0.2) is 18.2 Å². The predicted molar refractivity (Wildman–Crippen MR) is 57.6 cm³/mol. The summed E-state index contributed by atoms with van der Waals surface area (Å²) in [5, 5.41) is 11.8. The molecule has 0 radical (unpaired) electrons. The van der Waals surface area contributed by atoms with Crippen LogP contribution in [0.5, 0.6) is 0 Å². The van der Waals surface area contributed by atoms with Gasteiger partial charge in [0.25, 0.3) is 0 Å². The molecule has 1 aromatic rings. The average molecular weight is 202 g/mol. The molecule has 1 aromatic carbocycles. The first kappa shape index (κ1) is 11.1. The fraction of sp³-hybridized carbons (Fsp3) is 0.250. The zero-order valence-corrected chi connectivity index (χ0v) is 8.42. The van der Waals surface area contributed by atoms with Crippen molar-refractivity contribution >= 4 is 5.69 Å². The predicted octanol–water partition coefficient (Wildman–Crippen LogP) is 2.52. The van der Waals surface area contributed by atoms with Gasteiger partial charge in [-0.1, -0.05) is 12.8 Å². The monoisotopic (exact) mass is 202 g/mol. The van der Waals surface area contributed by atoms with Gasteiger partial charge in [0.1, 0.15) is 11.9 Å². The Morgan fingerprint density at radius 1 is 1.60 bits per heavy atom. The molecule has 0 aliphatic rings. The van der Waals surface area contributed by atoms with Crippen LogP contribution in [0.25, 0.3) is 0 Å². The van der Waals surface area contributed by atoms with Gasteiger partial charge in [0.15, 0.2) is 0 Å². The lowest BCUT2D eigenvalue weighted by Gasteiger charge is -2.13. The Morgan fingerprint density at radius 3 is 2.87 bits per heavy atom. The Labute approximate surface area is 88.7 Å². The van der Waals surface area contributed by atoms with Gasteiger partial charge in [0.2, 0.25) is 0 Å². The van der Waals surface area contributed by atoms with Crippen molar-refractivity contribution in [3.05, 3.63) is 29.6 Å². The van der Waals surface area contributed by atoms with E-state index in [1.807, 2.05) is 13.0 Å². The molecule has 0 bridgehead atoms. The molecule has 76 valence electrons. The summed E-state index contributed by atoms with van der Waals surface area (Å²) < 4.78 is 12.8. The molecule has 1 rings (SSSR count). The SMILES string of the molecule is C#CC(CC)Nc1ccc(F)cc1C#N. The number of halogens is 1. The van der Waals surface area contributed by atoms with Gasteiger partial charge in [-0.25, -0.2) is 4.39 Å². The number of hydrogen-bond acceptors (Lipinski definition) is 2. The summed E-state index contributed by atoms with van der Waals surface area (Å²) >= 11 is 0. The molecular weight excluding hydrogens is 191 g/mol. The summed E-state index contributed by atoms with van der Waals surface area (Å²) in [5.41, 5.74) is 0.840. The van der Waals surface area contributed by atoms with Gasteiger partial charge in [-0.2, -0.15) is 5.26 Å². The number of anilines is 1. The van der Waals surface area contributed by atoms with E-state index < -0.39 is 5.82 Å². The number of terminal acetylenes is 1. The summed E-state index contributed by atoms with van der Waals surface area (Å²) in [4.78, 5) is 0. The van der Waals surface area contributed by atoms with Gasteiger partial charge in [0.05, 0.1) is 17.3 Å². The van der Waals surface area contributed by atoms with Crippen molar-refractivity contribution in [1.82, 2.24) is 0 Å². The zero-order valence-electron chi connectivity index (χ0n) is 8.42. The van der Waals surface area contributed by atoms with Gasteiger partial charge in [-0.05, 0) is 24.6 Å². The van der Waals surface area contributed by atoms with Gasteiger partial charge < -0.3 is 5.32 Å². The highest BCUT2D eigenvalue weighted by Gasteiger charge is 2.07. The van der Waals surface area contributed by atoms with Crippen molar-refractivity contribution < 1.29 is 4.39 Å². The van der Waals surface area contributed by atoms with E-state index in [0.29, 0.717) is 5.69 Å². The molecule has 2 nitrogen and oxygen atoms in total. The van der Waals surface area contributed by atoms with Crippen molar-refractivity contribution in [2.45, 2.75) is 19.4 Å². The third kappa shape index (κ3) is 2.72. The number of nitriles is 1. The van der Waals surface area contributed by atoms with Crippen LogP contribution in [0, 0.1) is 29.5 Å². The van der Waals surface area contributed by atoms with Crippen molar-refractivity contribution in [2.24, 2.45) is 0 Å². The van der Waals surface area contributed by atoms with Crippen molar-refractivity contribution in [2.75, 3.05) is 5.32 Å². The van der Waals surface area contributed by atoms with Crippen LogP contribution in [0.4, 0.5) is 10.1 Å². The number of nitrogens with zero attached hydrogens (tertiary/aromatic N) is 1. The molecule has 1 N–H and O–H groups in total. The molecule has 0 amide bonds. The molecule has 15 heavy (non-hydrogen) atoms. The highest BCUT2D eigenvalue weighted by Crippen LogP contribution is 2.17. The Hall–Kier alpha value is -2.00. The number of hydrogen-bond donors (Lipinski definition) is 1. The second-order valence-electron chi connectivity index (χ2n) is 3.07. The standard InChI is InChI=1S/C12H11FN2/c1-3-11(4-2)15-12-6-5-10(13)7-9(12)8-14/h1,5-7,11,15H,4H2,2H3.